The van der Waals surface area contributed by atoms with E-state index in [4.69, 9.17) is 10.5 Å². The van der Waals surface area contributed by atoms with Gasteiger partial charge in [-0.15, -0.1) is 0 Å². The number of ether oxygens (including phenoxy) is 1. The third-order valence-corrected chi connectivity index (χ3v) is 5.06. The topological polar surface area (TPSA) is 125 Å². The lowest BCUT2D eigenvalue weighted by Gasteiger charge is -2.19. The highest BCUT2D eigenvalue weighted by Crippen LogP contribution is 2.27. The number of nitrogens with zero attached hydrogens (tertiary/aromatic N) is 1. The van der Waals surface area contributed by atoms with Gasteiger partial charge in [0, 0.05) is 19.2 Å². The van der Waals surface area contributed by atoms with Crippen molar-refractivity contribution < 1.29 is 18.1 Å². The number of sulfonamides is 1. The average molecular weight is 315 g/mol. The minimum absolute atomic E-state index is 0.0745. The zero-order chi connectivity index (χ0) is 15.6. The van der Waals surface area contributed by atoms with E-state index in [1.807, 2.05) is 0 Å². The van der Waals surface area contributed by atoms with Gasteiger partial charge < -0.3 is 10.5 Å². The molecule has 0 aliphatic heterocycles. The molecule has 9 heteroatoms. The van der Waals surface area contributed by atoms with Crippen LogP contribution in [-0.4, -0.2) is 32.6 Å². The SMILES string of the molecule is COC1CCCC1NS(=O)(=O)c1ccc(N)c([N+](=O)[O-])c1. The van der Waals surface area contributed by atoms with Crippen molar-refractivity contribution in [2.75, 3.05) is 12.8 Å². The van der Waals surface area contributed by atoms with Gasteiger partial charge in [0.1, 0.15) is 5.69 Å². The van der Waals surface area contributed by atoms with Crippen LogP contribution >= 0.6 is 0 Å². The molecule has 1 fully saturated rings. The van der Waals surface area contributed by atoms with Gasteiger partial charge in [-0.2, -0.15) is 0 Å². The van der Waals surface area contributed by atoms with Crippen molar-refractivity contribution in [3.05, 3.63) is 28.3 Å². The normalized spacial score (nSPS) is 22.3. The van der Waals surface area contributed by atoms with Crippen molar-refractivity contribution >= 4 is 21.4 Å². The molecule has 1 aliphatic carbocycles. The Balaban J connectivity index is 2.27. The predicted molar refractivity (Wildman–Crippen MR) is 76.3 cm³/mol. The monoisotopic (exact) mass is 315 g/mol. The molecule has 0 spiro atoms. The number of rotatable bonds is 5. The summed E-state index contributed by atoms with van der Waals surface area (Å²) in [5, 5.41) is 10.8. The summed E-state index contributed by atoms with van der Waals surface area (Å²) in [4.78, 5) is 9.95. The fourth-order valence-corrected chi connectivity index (χ4v) is 3.78. The van der Waals surface area contributed by atoms with Crippen molar-refractivity contribution in [2.24, 2.45) is 0 Å². The quantitative estimate of drug-likeness (QED) is 0.475. The molecule has 116 valence electrons. The van der Waals surface area contributed by atoms with Crippen molar-refractivity contribution in [3.8, 4) is 0 Å². The molecule has 2 atom stereocenters. The van der Waals surface area contributed by atoms with E-state index in [0.717, 1.165) is 18.9 Å². The molecule has 8 nitrogen and oxygen atoms in total. The summed E-state index contributed by atoms with van der Waals surface area (Å²) in [5.74, 6) is 0. The van der Waals surface area contributed by atoms with Crippen molar-refractivity contribution in [1.29, 1.82) is 0 Å². The Kier molecular flexibility index (Phi) is 4.45. The highest BCUT2D eigenvalue weighted by molar-refractivity contribution is 7.89. The number of nitro benzene ring substituents is 1. The Hall–Kier alpha value is -1.71. The summed E-state index contributed by atoms with van der Waals surface area (Å²) >= 11 is 0. The van der Waals surface area contributed by atoms with Gasteiger partial charge in [0.15, 0.2) is 0 Å². The van der Waals surface area contributed by atoms with Crippen LogP contribution in [0.3, 0.4) is 0 Å². The number of hydrogen-bond acceptors (Lipinski definition) is 6. The van der Waals surface area contributed by atoms with Gasteiger partial charge in [0.05, 0.1) is 15.9 Å². The number of hydrogen-bond donors (Lipinski definition) is 2. The Morgan fingerprint density at radius 1 is 1.43 bits per heavy atom. The largest absolute Gasteiger partial charge is 0.393 e. The van der Waals surface area contributed by atoms with Crippen molar-refractivity contribution in [2.45, 2.75) is 36.3 Å². The summed E-state index contributed by atoms with van der Waals surface area (Å²) in [6.45, 7) is 0. The van der Waals surface area contributed by atoms with E-state index in [9.17, 15) is 18.5 Å². The minimum atomic E-state index is -3.85. The first kappa shape index (κ1) is 15.7. The van der Waals surface area contributed by atoms with Gasteiger partial charge in [-0.1, -0.05) is 0 Å². The number of nitro groups is 1. The fraction of sp³-hybridized carbons (Fsp3) is 0.500. The Morgan fingerprint density at radius 2 is 2.14 bits per heavy atom. The fourth-order valence-electron chi connectivity index (χ4n) is 2.46. The van der Waals surface area contributed by atoms with Gasteiger partial charge in [-0.25, -0.2) is 13.1 Å². The van der Waals surface area contributed by atoms with Gasteiger partial charge in [-0.05, 0) is 31.4 Å². The van der Waals surface area contributed by atoms with E-state index in [1.165, 1.54) is 19.2 Å². The molecule has 21 heavy (non-hydrogen) atoms. The Morgan fingerprint density at radius 3 is 2.76 bits per heavy atom. The van der Waals surface area contributed by atoms with Crippen LogP contribution in [0.2, 0.25) is 0 Å². The molecule has 0 saturated heterocycles. The van der Waals surface area contributed by atoms with Gasteiger partial charge in [0.2, 0.25) is 10.0 Å². The number of anilines is 1. The molecule has 1 aliphatic rings. The second-order valence-corrected chi connectivity index (χ2v) is 6.62. The van der Waals surface area contributed by atoms with Crippen LogP contribution in [0, 0.1) is 10.1 Å². The van der Waals surface area contributed by atoms with E-state index < -0.39 is 20.6 Å². The highest BCUT2D eigenvalue weighted by Gasteiger charge is 2.32. The molecule has 0 heterocycles. The van der Waals surface area contributed by atoms with Gasteiger partial charge >= 0.3 is 0 Å². The lowest BCUT2D eigenvalue weighted by molar-refractivity contribution is -0.384. The Bertz CT molecular complexity index is 646. The van der Waals surface area contributed by atoms with Gasteiger partial charge in [0.25, 0.3) is 5.69 Å². The van der Waals surface area contributed by atoms with Crippen LogP contribution in [-0.2, 0) is 14.8 Å². The molecular weight excluding hydrogens is 298 g/mol. The van der Waals surface area contributed by atoms with Crippen LogP contribution in [0.1, 0.15) is 19.3 Å². The van der Waals surface area contributed by atoms with Crippen LogP contribution in [0.15, 0.2) is 23.1 Å². The summed E-state index contributed by atoms with van der Waals surface area (Å²) in [7, 11) is -2.32. The highest BCUT2D eigenvalue weighted by atomic mass is 32.2. The maximum Gasteiger partial charge on any atom is 0.293 e. The Labute approximate surface area is 122 Å². The first-order valence-corrected chi connectivity index (χ1v) is 7.92. The van der Waals surface area contributed by atoms with Crippen molar-refractivity contribution in [1.82, 2.24) is 4.72 Å². The molecule has 0 radical (unpaired) electrons. The average Bonchev–Trinajstić information content (AvgIpc) is 2.85. The smallest absolute Gasteiger partial charge is 0.293 e. The minimum Gasteiger partial charge on any atom is -0.393 e. The third-order valence-electron chi connectivity index (χ3n) is 3.57. The van der Waals surface area contributed by atoms with E-state index in [0.29, 0.717) is 6.42 Å². The molecule has 1 aromatic carbocycles. The summed E-state index contributed by atoms with van der Waals surface area (Å²) in [6, 6.07) is 3.11. The van der Waals surface area contributed by atoms with E-state index in [-0.39, 0.29) is 22.7 Å². The molecule has 0 aromatic heterocycles. The summed E-state index contributed by atoms with van der Waals surface area (Å²) < 4.78 is 32.4. The summed E-state index contributed by atoms with van der Waals surface area (Å²) in [6.07, 6.45) is 2.15. The molecular formula is C12H17N3O5S. The lowest BCUT2D eigenvalue weighted by atomic mass is 10.2. The predicted octanol–water partition coefficient (Wildman–Crippen LogP) is 1.02. The zero-order valence-electron chi connectivity index (χ0n) is 11.5. The zero-order valence-corrected chi connectivity index (χ0v) is 12.3. The first-order chi connectivity index (χ1) is 9.85. The maximum atomic E-state index is 12.3. The van der Waals surface area contributed by atoms with Gasteiger partial charge in [-0.3, -0.25) is 10.1 Å². The molecule has 2 rings (SSSR count). The van der Waals surface area contributed by atoms with Crippen LogP contribution in [0.25, 0.3) is 0 Å². The molecule has 3 N–H and O–H groups in total. The van der Waals surface area contributed by atoms with Crippen LogP contribution < -0.4 is 10.5 Å². The van der Waals surface area contributed by atoms with Crippen LogP contribution in [0.4, 0.5) is 11.4 Å². The van der Waals surface area contributed by atoms with E-state index in [1.54, 1.807) is 0 Å². The number of nitrogens with two attached hydrogens (primary N) is 1. The number of benzene rings is 1. The molecule has 1 aromatic rings. The maximum absolute atomic E-state index is 12.3. The standard InChI is InChI=1S/C12H17N3O5S/c1-20-12-4-2-3-10(12)14-21(18,19)8-5-6-9(13)11(7-8)15(16)17/h5-7,10,12,14H,2-4,13H2,1H3. The second kappa shape index (κ2) is 5.96. The second-order valence-electron chi connectivity index (χ2n) is 4.91. The van der Waals surface area contributed by atoms with E-state index in [2.05, 4.69) is 4.72 Å². The first-order valence-electron chi connectivity index (χ1n) is 6.44. The third kappa shape index (κ3) is 3.31. The molecule has 0 bridgehead atoms. The summed E-state index contributed by atoms with van der Waals surface area (Å²) in [5.41, 5.74) is 4.97. The lowest BCUT2D eigenvalue weighted by Crippen LogP contribution is -2.40. The number of nitrogen functional groups attached to an aromatic ring is 1. The van der Waals surface area contributed by atoms with E-state index >= 15 is 0 Å². The molecule has 2 unspecified atom stereocenters. The molecule has 1 saturated carbocycles. The van der Waals surface area contributed by atoms with Crippen LogP contribution in [0.5, 0.6) is 0 Å². The number of methoxy groups -OCH3 is 1. The number of nitrogens with one attached hydrogen (secondary N) is 1. The molecule has 0 amide bonds. The van der Waals surface area contributed by atoms with Crippen molar-refractivity contribution in [3.63, 3.8) is 0 Å².